The first-order valence-electron chi connectivity index (χ1n) is 3.66. The predicted octanol–water partition coefficient (Wildman–Crippen LogP) is 1.95. The van der Waals surface area contributed by atoms with Gasteiger partial charge in [-0.15, -0.1) is 0 Å². The molecule has 0 saturated carbocycles. The summed E-state index contributed by atoms with van der Waals surface area (Å²) < 4.78 is 36.3. The third kappa shape index (κ3) is 2.42. The van der Waals surface area contributed by atoms with E-state index in [1.807, 2.05) is 0 Å². The molecular formula is C8H9F3N2. The number of hydrogen-bond acceptors (Lipinski definition) is 2. The Labute approximate surface area is 73.6 Å². The highest BCUT2D eigenvalue weighted by atomic mass is 19.4. The summed E-state index contributed by atoms with van der Waals surface area (Å²) in [6.07, 6.45) is -3.11. The molecule has 0 aliphatic heterocycles. The van der Waals surface area contributed by atoms with Crippen LogP contribution in [0.15, 0.2) is 18.3 Å². The van der Waals surface area contributed by atoms with E-state index in [2.05, 4.69) is 4.98 Å². The Kier molecular flexibility index (Phi) is 2.56. The van der Waals surface area contributed by atoms with Gasteiger partial charge in [0.15, 0.2) is 0 Å². The second-order valence-corrected chi connectivity index (χ2v) is 2.78. The molecule has 0 saturated heterocycles. The molecule has 1 atom stereocenters. The minimum absolute atomic E-state index is 0.146. The number of nitrogens with two attached hydrogens (primary N) is 1. The second-order valence-electron chi connectivity index (χ2n) is 2.78. The summed E-state index contributed by atoms with van der Waals surface area (Å²) in [5, 5.41) is 0. The van der Waals surface area contributed by atoms with E-state index in [4.69, 9.17) is 5.73 Å². The van der Waals surface area contributed by atoms with Gasteiger partial charge < -0.3 is 5.73 Å². The average Bonchev–Trinajstić information content (AvgIpc) is 2.01. The van der Waals surface area contributed by atoms with Crippen molar-refractivity contribution in [2.24, 2.45) is 5.73 Å². The fraction of sp³-hybridized carbons (Fsp3) is 0.375. The number of hydrogen-bond donors (Lipinski definition) is 1. The van der Waals surface area contributed by atoms with E-state index in [1.165, 1.54) is 12.3 Å². The van der Waals surface area contributed by atoms with E-state index < -0.39 is 12.2 Å². The van der Waals surface area contributed by atoms with E-state index in [9.17, 15) is 13.2 Å². The molecule has 13 heavy (non-hydrogen) atoms. The smallest absolute Gasteiger partial charge is 0.315 e. The van der Waals surface area contributed by atoms with Crippen molar-refractivity contribution >= 4 is 0 Å². The van der Waals surface area contributed by atoms with Gasteiger partial charge in [0.1, 0.15) is 6.04 Å². The van der Waals surface area contributed by atoms with Crippen LogP contribution in [-0.4, -0.2) is 11.2 Å². The van der Waals surface area contributed by atoms with E-state index >= 15 is 0 Å². The topological polar surface area (TPSA) is 38.9 Å². The maximum absolute atomic E-state index is 12.1. The van der Waals surface area contributed by atoms with Crippen LogP contribution in [0.3, 0.4) is 0 Å². The van der Waals surface area contributed by atoms with Gasteiger partial charge in [-0.3, -0.25) is 4.98 Å². The zero-order chi connectivity index (χ0) is 10.1. The lowest BCUT2D eigenvalue weighted by atomic mass is 10.1. The van der Waals surface area contributed by atoms with Crippen molar-refractivity contribution < 1.29 is 13.2 Å². The van der Waals surface area contributed by atoms with Crippen LogP contribution in [0.1, 0.15) is 17.3 Å². The average molecular weight is 190 g/mol. The number of nitrogens with zero attached hydrogens (tertiary/aromatic N) is 1. The van der Waals surface area contributed by atoms with Crippen molar-refractivity contribution in [3.63, 3.8) is 0 Å². The van der Waals surface area contributed by atoms with E-state index in [-0.39, 0.29) is 5.69 Å². The van der Waals surface area contributed by atoms with Crippen molar-refractivity contribution in [2.45, 2.75) is 19.1 Å². The van der Waals surface area contributed by atoms with Gasteiger partial charge in [-0.25, -0.2) is 0 Å². The lowest BCUT2D eigenvalue weighted by molar-refractivity contribution is -0.150. The quantitative estimate of drug-likeness (QED) is 0.735. The molecule has 1 heterocycles. The molecule has 1 aromatic rings. The summed E-state index contributed by atoms with van der Waals surface area (Å²) in [7, 11) is 0. The third-order valence-electron chi connectivity index (χ3n) is 1.61. The number of rotatable bonds is 1. The molecule has 0 aliphatic carbocycles. The summed E-state index contributed by atoms with van der Waals surface area (Å²) in [5.41, 5.74) is 5.52. The number of pyridine rings is 1. The van der Waals surface area contributed by atoms with Gasteiger partial charge in [0.25, 0.3) is 0 Å². The summed E-state index contributed by atoms with van der Waals surface area (Å²) >= 11 is 0. The molecule has 1 unspecified atom stereocenters. The molecule has 0 fully saturated rings. The van der Waals surface area contributed by atoms with Crippen molar-refractivity contribution in [3.05, 3.63) is 29.6 Å². The third-order valence-corrected chi connectivity index (χ3v) is 1.61. The van der Waals surface area contributed by atoms with E-state index in [1.54, 1.807) is 13.0 Å². The van der Waals surface area contributed by atoms with Crippen LogP contribution >= 0.6 is 0 Å². The fourth-order valence-electron chi connectivity index (χ4n) is 0.897. The van der Waals surface area contributed by atoms with Gasteiger partial charge in [0, 0.05) is 6.20 Å². The fourth-order valence-corrected chi connectivity index (χ4v) is 0.897. The van der Waals surface area contributed by atoms with Gasteiger partial charge >= 0.3 is 6.18 Å². The number of aromatic nitrogens is 1. The molecule has 0 radical (unpaired) electrons. The van der Waals surface area contributed by atoms with Crippen LogP contribution in [0.25, 0.3) is 0 Å². The first kappa shape index (κ1) is 9.98. The Morgan fingerprint density at radius 2 is 2.08 bits per heavy atom. The zero-order valence-corrected chi connectivity index (χ0v) is 6.97. The number of aryl methyl sites for hydroxylation is 1. The Morgan fingerprint density at radius 1 is 1.46 bits per heavy atom. The molecular weight excluding hydrogens is 181 g/mol. The molecule has 2 N–H and O–H groups in total. The molecule has 1 aromatic heterocycles. The standard InChI is InChI=1S/C8H9F3N2/c1-5-2-3-13-6(4-5)7(12)8(9,10)11/h2-4,7H,12H2,1H3. The van der Waals surface area contributed by atoms with E-state index in [0.29, 0.717) is 5.56 Å². The maximum Gasteiger partial charge on any atom is 0.409 e. The normalized spacial score (nSPS) is 14.2. The monoisotopic (exact) mass is 190 g/mol. The molecule has 72 valence electrons. The highest BCUT2D eigenvalue weighted by molar-refractivity contribution is 5.17. The lowest BCUT2D eigenvalue weighted by Gasteiger charge is -2.14. The second kappa shape index (κ2) is 3.33. The van der Waals surface area contributed by atoms with Crippen molar-refractivity contribution in [1.29, 1.82) is 0 Å². The largest absolute Gasteiger partial charge is 0.409 e. The molecule has 0 bridgehead atoms. The molecule has 5 heteroatoms. The van der Waals surface area contributed by atoms with Crippen LogP contribution in [0.4, 0.5) is 13.2 Å². The molecule has 0 spiro atoms. The summed E-state index contributed by atoms with van der Waals surface area (Å²) in [4.78, 5) is 3.56. The van der Waals surface area contributed by atoms with Crippen LogP contribution in [-0.2, 0) is 0 Å². The predicted molar refractivity (Wildman–Crippen MR) is 42.0 cm³/mol. The Bertz CT molecular complexity index is 296. The molecule has 0 aromatic carbocycles. The summed E-state index contributed by atoms with van der Waals surface area (Å²) in [6, 6.07) is 0.956. The Hall–Kier alpha value is -1.10. The summed E-state index contributed by atoms with van der Waals surface area (Å²) in [6.45, 7) is 1.69. The van der Waals surface area contributed by atoms with Crippen LogP contribution in [0.2, 0.25) is 0 Å². The molecule has 0 aliphatic rings. The lowest BCUT2D eigenvalue weighted by Crippen LogP contribution is -2.29. The van der Waals surface area contributed by atoms with Gasteiger partial charge in [-0.05, 0) is 24.6 Å². The minimum Gasteiger partial charge on any atom is -0.315 e. The van der Waals surface area contributed by atoms with Crippen LogP contribution in [0.5, 0.6) is 0 Å². The first-order chi connectivity index (χ1) is 5.91. The SMILES string of the molecule is Cc1ccnc(C(N)C(F)(F)F)c1. The van der Waals surface area contributed by atoms with Gasteiger partial charge in [0.05, 0.1) is 5.69 Å². The van der Waals surface area contributed by atoms with Crippen molar-refractivity contribution in [2.75, 3.05) is 0 Å². The number of halogens is 3. The van der Waals surface area contributed by atoms with Crippen molar-refractivity contribution in [3.8, 4) is 0 Å². The highest BCUT2D eigenvalue weighted by Crippen LogP contribution is 2.29. The highest BCUT2D eigenvalue weighted by Gasteiger charge is 2.38. The molecule has 1 rings (SSSR count). The van der Waals surface area contributed by atoms with E-state index in [0.717, 1.165) is 0 Å². The Morgan fingerprint density at radius 3 is 2.54 bits per heavy atom. The zero-order valence-electron chi connectivity index (χ0n) is 6.97. The Balaban J connectivity index is 2.96. The molecule has 2 nitrogen and oxygen atoms in total. The van der Waals surface area contributed by atoms with Crippen molar-refractivity contribution in [1.82, 2.24) is 4.98 Å². The van der Waals surface area contributed by atoms with Gasteiger partial charge in [-0.1, -0.05) is 0 Å². The number of alkyl halides is 3. The molecule has 0 amide bonds. The summed E-state index contributed by atoms with van der Waals surface area (Å²) in [5.74, 6) is 0. The first-order valence-corrected chi connectivity index (χ1v) is 3.66. The van der Waals surface area contributed by atoms with Gasteiger partial charge in [0.2, 0.25) is 0 Å². The van der Waals surface area contributed by atoms with Crippen LogP contribution < -0.4 is 5.73 Å². The minimum atomic E-state index is -4.43. The van der Waals surface area contributed by atoms with Gasteiger partial charge in [-0.2, -0.15) is 13.2 Å². The van der Waals surface area contributed by atoms with Crippen LogP contribution in [0, 0.1) is 6.92 Å². The maximum atomic E-state index is 12.1.